The van der Waals surface area contributed by atoms with E-state index < -0.39 is 28.5 Å². The second-order valence-corrected chi connectivity index (χ2v) is 9.77. The minimum atomic E-state index is -0.574. The number of halogens is 1. The number of nitro groups is 1. The lowest BCUT2D eigenvalue weighted by atomic mass is 10.1. The Kier molecular flexibility index (Phi) is 6.35. The van der Waals surface area contributed by atoms with E-state index in [-0.39, 0.29) is 30.8 Å². The zero-order valence-corrected chi connectivity index (χ0v) is 20.6. The van der Waals surface area contributed by atoms with Crippen LogP contribution in [0.15, 0.2) is 24.4 Å². The first-order valence-corrected chi connectivity index (χ1v) is 12.0. The van der Waals surface area contributed by atoms with Gasteiger partial charge in [0, 0.05) is 44.6 Å². The van der Waals surface area contributed by atoms with Crippen molar-refractivity contribution in [2.45, 2.75) is 32.1 Å². The van der Waals surface area contributed by atoms with Crippen LogP contribution in [0.25, 0.3) is 0 Å². The van der Waals surface area contributed by atoms with Crippen molar-refractivity contribution in [2.24, 2.45) is 0 Å². The Balaban J connectivity index is 1.15. The molecule has 14 heteroatoms. The van der Waals surface area contributed by atoms with Crippen molar-refractivity contribution < 1.29 is 28.4 Å². The molecular formula is C23H28FN7O6. The summed E-state index contributed by atoms with van der Waals surface area (Å²) in [4.78, 5) is 43.2. The summed E-state index contributed by atoms with van der Waals surface area (Å²) in [5.74, 6) is -0.875. The number of nitrogens with zero attached hydrogens (tertiary/aromatic N) is 6. The average Bonchev–Trinajstić information content (AvgIpc) is 3.49. The van der Waals surface area contributed by atoms with Gasteiger partial charge in [-0.05, 0) is 30.0 Å². The van der Waals surface area contributed by atoms with Crippen LogP contribution in [0.3, 0.4) is 0 Å². The predicted molar refractivity (Wildman–Crippen MR) is 129 cm³/mol. The van der Waals surface area contributed by atoms with E-state index >= 15 is 4.39 Å². The molecule has 5 rings (SSSR count). The van der Waals surface area contributed by atoms with Crippen molar-refractivity contribution in [3.8, 4) is 6.01 Å². The third-order valence-corrected chi connectivity index (χ3v) is 6.72. The molecule has 0 saturated carbocycles. The molecule has 3 aliphatic rings. The number of fused-ring (bicyclic) bond motifs is 1. The Morgan fingerprint density at radius 3 is 2.73 bits per heavy atom. The zero-order chi connectivity index (χ0) is 26.3. The lowest BCUT2D eigenvalue weighted by Gasteiger charge is -2.39. The molecule has 2 aromatic rings. The Hall–Kier alpha value is -3.94. The molecule has 0 aliphatic carbocycles. The van der Waals surface area contributed by atoms with E-state index in [1.165, 1.54) is 24.1 Å². The van der Waals surface area contributed by atoms with Gasteiger partial charge in [-0.2, -0.15) is 0 Å². The second-order valence-electron chi connectivity index (χ2n) is 9.77. The predicted octanol–water partition coefficient (Wildman–Crippen LogP) is 1.36. The first-order chi connectivity index (χ1) is 17.6. The summed E-state index contributed by atoms with van der Waals surface area (Å²) in [5, 5.41) is 13.5. The number of carbonyl (C=O) groups is 2. The molecule has 198 valence electrons. The van der Waals surface area contributed by atoms with Gasteiger partial charge in [0.1, 0.15) is 23.7 Å². The van der Waals surface area contributed by atoms with Gasteiger partial charge in [-0.15, -0.1) is 0 Å². The number of hydrogen-bond donors (Lipinski definition) is 1. The third kappa shape index (κ3) is 5.14. The summed E-state index contributed by atoms with van der Waals surface area (Å²) in [6.07, 6.45) is 0.318. The summed E-state index contributed by atoms with van der Waals surface area (Å²) in [6, 6.07) is 4.94. The van der Waals surface area contributed by atoms with E-state index in [1.807, 2.05) is 11.8 Å². The van der Waals surface area contributed by atoms with Crippen molar-refractivity contribution in [1.29, 1.82) is 0 Å². The van der Waals surface area contributed by atoms with Crippen LogP contribution in [-0.2, 0) is 16.1 Å². The number of benzene rings is 1. The molecule has 2 atom stereocenters. The highest BCUT2D eigenvalue weighted by molar-refractivity contribution is 5.90. The molecule has 1 aromatic carbocycles. The van der Waals surface area contributed by atoms with Gasteiger partial charge in [0.25, 0.3) is 0 Å². The number of carbonyl (C=O) groups excluding carboxylic acids is 2. The third-order valence-electron chi connectivity index (χ3n) is 6.72. The van der Waals surface area contributed by atoms with Gasteiger partial charge in [-0.25, -0.2) is 9.18 Å². The van der Waals surface area contributed by atoms with Crippen molar-refractivity contribution in [2.75, 3.05) is 55.6 Å². The quantitative estimate of drug-likeness (QED) is 0.427. The zero-order valence-electron chi connectivity index (χ0n) is 20.6. The van der Waals surface area contributed by atoms with E-state index in [2.05, 4.69) is 15.2 Å². The van der Waals surface area contributed by atoms with Crippen LogP contribution in [-0.4, -0.2) is 88.9 Å². The number of cyclic esters (lactones) is 1. The minimum Gasteiger partial charge on any atom is -0.442 e. The molecular weight excluding hydrogens is 489 g/mol. The summed E-state index contributed by atoms with van der Waals surface area (Å²) < 4.78 is 27.9. The van der Waals surface area contributed by atoms with Crippen LogP contribution in [0.2, 0.25) is 0 Å². The highest BCUT2D eigenvalue weighted by atomic mass is 19.1. The summed E-state index contributed by atoms with van der Waals surface area (Å²) in [7, 11) is 0. The van der Waals surface area contributed by atoms with E-state index in [4.69, 9.17) is 9.47 Å². The number of amides is 2. The lowest BCUT2D eigenvalue weighted by Crippen LogP contribution is -2.53. The number of hydrogen-bond acceptors (Lipinski definition) is 9. The maximum absolute atomic E-state index is 15.1. The van der Waals surface area contributed by atoms with Crippen LogP contribution in [0.4, 0.5) is 26.4 Å². The fraction of sp³-hybridized carbons (Fsp3) is 0.522. The van der Waals surface area contributed by atoms with Crippen LogP contribution < -0.4 is 19.9 Å². The van der Waals surface area contributed by atoms with Crippen LogP contribution >= 0.6 is 0 Å². The number of nitrogens with one attached hydrogen (secondary N) is 1. The van der Waals surface area contributed by atoms with Gasteiger partial charge in [0.15, 0.2) is 0 Å². The number of ether oxygens (including phenoxy) is 2. The summed E-state index contributed by atoms with van der Waals surface area (Å²) in [5.41, 5.74) is 0.301. The minimum absolute atomic E-state index is 0.204. The van der Waals surface area contributed by atoms with Gasteiger partial charge in [0.2, 0.25) is 5.91 Å². The maximum Gasteiger partial charge on any atom is 0.415 e. The van der Waals surface area contributed by atoms with Gasteiger partial charge in [-0.3, -0.25) is 19.2 Å². The number of piperazine rings is 1. The molecule has 2 saturated heterocycles. The van der Waals surface area contributed by atoms with Crippen molar-refractivity contribution in [1.82, 2.24) is 19.8 Å². The van der Waals surface area contributed by atoms with Gasteiger partial charge in [0.05, 0.1) is 31.0 Å². The normalized spacial score (nSPS) is 23.5. The second kappa shape index (κ2) is 9.50. The van der Waals surface area contributed by atoms with Crippen molar-refractivity contribution in [3.05, 3.63) is 40.3 Å². The highest BCUT2D eigenvalue weighted by Crippen LogP contribution is 2.32. The number of anilines is 2. The standard InChI is InChI=1S/C23H28FN7O6/c1-15(32)25-10-17-11-30(22(33)36-17)16-3-4-19(18(24)9-16)28-7-5-27(6-8-28)13-23(2)14-29-12-20(31(34)35)26-21(29)37-23/h3-4,9,12,17H,5-8,10-11,13-14H2,1-2H3,(H,25,32)/t17-,23?/m0/s1. The molecule has 2 fully saturated rings. The molecule has 1 unspecified atom stereocenters. The summed E-state index contributed by atoms with van der Waals surface area (Å²) in [6.45, 7) is 7.41. The Labute approximate surface area is 211 Å². The molecule has 0 bridgehead atoms. The summed E-state index contributed by atoms with van der Waals surface area (Å²) >= 11 is 0. The van der Waals surface area contributed by atoms with E-state index in [0.29, 0.717) is 50.6 Å². The molecule has 2 amide bonds. The van der Waals surface area contributed by atoms with E-state index in [0.717, 1.165) is 0 Å². The number of aromatic nitrogens is 2. The fourth-order valence-corrected chi connectivity index (χ4v) is 5.00. The van der Waals surface area contributed by atoms with Crippen LogP contribution in [0.1, 0.15) is 13.8 Å². The molecule has 0 radical (unpaired) electrons. The lowest BCUT2D eigenvalue weighted by molar-refractivity contribution is -0.389. The van der Waals surface area contributed by atoms with Gasteiger partial charge >= 0.3 is 17.9 Å². The highest BCUT2D eigenvalue weighted by Gasteiger charge is 2.42. The van der Waals surface area contributed by atoms with Gasteiger partial charge < -0.3 is 29.8 Å². The monoisotopic (exact) mass is 517 g/mol. The van der Waals surface area contributed by atoms with Crippen LogP contribution in [0.5, 0.6) is 6.01 Å². The van der Waals surface area contributed by atoms with E-state index in [1.54, 1.807) is 16.7 Å². The molecule has 37 heavy (non-hydrogen) atoms. The Morgan fingerprint density at radius 2 is 2.08 bits per heavy atom. The maximum atomic E-state index is 15.1. The van der Waals surface area contributed by atoms with Gasteiger partial charge in [-0.1, -0.05) is 0 Å². The van der Waals surface area contributed by atoms with Crippen molar-refractivity contribution in [3.63, 3.8) is 0 Å². The average molecular weight is 518 g/mol. The molecule has 1 aromatic heterocycles. The molecule has 0 spiro atoms. The topological polar surface area (TPSA) is 135 Å². The van der Waals surface area contributed by atoms with E-state index in [9.17, 15) is 19.7 Å². The molecule has 1 N–H and O–H groups in total. The molecule has 3 aliphatic heterocycles. The Bertz CT molecular complexity index is 1200. The fourth-order valence-electron chi connectivity index (χ4n) is 5.00. The first-order valence-electron chi connectivity index (χ1n) is 12.0. The largest absolute Gasteiger partial charge is 0.442 e. The molecule has 13 nitrogen and oxygen atoms in total. The SMILES string of the molecule is CC(=O)NC[C@H]1CN(c2ccc(N3CCN(CC4(C)Cn5cc([N+](=O)[O-])nc5O4)CC3)c(F)c2)C(=O)O1. The smallest absolute Gasteiger partial charge is 0.415 e. The number of rotatable bonds is 7. The first kappa shape index (κ1) is 24.7. The Morgan fingerprint density at radius 1 is 1.32 bits per heavy atom. The van der Waals surface area contributed by atoms with Crippen LogP contribution in [0, 0.1) is 15.9 Å². The number of imidazole rings is 1. The molecule has 4 heterocycles. The van der Waals surface area contributed by atoms with Crippen molar-refractivity contribution >= 4 is 29.2 Å².